The van der Waals surface area contributed by atoms with E-state index in [0.717, 1.165) is 10.6 Å². The molecule has 38 heavy (non-hydrogen) atoms. The molecule has 0 amide bonds. The van der Waals surface area contributed by atoms with E-state index in [2.05, 4.69) is 4.98 Å². The monoisotopic (exact) mass is 516 g/mol. The molecule has 1 fully saturated rings. The Bertz CT molecular complexity index is 1410. The third kappa shape index (κ3) is 3.44. The number of benzene rings is 3. The summed E-state index contributed by atoms with van der Waals surface area (Å²) >= 11 is 0. The zero-order valence-corrected chi connectivity index (χ0v) is 20.6. The van der Waals surface area contributed by atoms with Crippen LogP contribution >= 0.6 is 0 Å². The van der Waals surface area contributed by atoms with Gasteiger partial charge in [0.2, 0.25) is 11.5 Å². The normalized spacial score (nSPS) is 25.4. The first-order chi connectivity index (χ1) is 18.4. The van der Waals surface area contributed by atoms with Crippen molar-refractivity contribution in [3.05, 3.63) is 141 Å². The van der Waals surface area contributed by atoms with Gasteiger partial charge in [-0.2, -0.15) is 0 Å². The van der Waals surface area contributed by atoms with Gasteiger partial charge in [-0.3, -0.25) is 14.3 Å². The number of hydrogen-bond acceptors (Lipinski definition) is 7. The second kappa shape index (κ2) is 9.79. The van der Waals surface area contributed by atoms with Crippen molar-refractivity contribution in [3.8, 4) is 0 Å². The highest BCUT2D eigenvalue weighted by Crippen LogP contribution is 2.60. The highest BCUT2D eigenvalue weighted by molar-refractivity contribution is 5.55. The lowest BCUT2D eigenvalue weighted by Gasteiger charge is -2.54. The molecular weight excluding hydrogens is 488 g/mol. The van der Waals surface area contributed by atoms with Crippen LogP contribution in [0.25, 0.3) is 0 Å². The van der Waals surface area contributed by atoms with Gasteiger partial charge in [0, 0.05) is 19.4 Å². The van der Waals surface area contributed by atoms with Gasteiger partial charge in [0.1, 0.15) is 12.2 Å². The van der Waals surface area contributed by atoms with Crippen molar-refractivity contribution in [2.45, 2.75) is 29.1 Å². The minimum absolute atomic E-state index is 0.580. The van der Waals surface area contributed by atoms with Crippen molar-refractivity contribution in [2.75, 3.05) is 13.7 Å². The molecule has 4 atom stereocenters. The van der Waals surface area contributed by atoms with E-state index in [1.54, 1.807) is 36.4 Å². The summed E-state index contributed by atoms with van der Waals surface area (Å²) < 4.78 is 13.2. The molecule has 0 spiro atoms. The highest BCUT2D eigenvalue weighted by Gasteiger charge is 2.77. The summed E-state index contributed by atoms with van der Waals surface area (Å²) in [5, 5.41) is 34.0. The van der Waals surface area contributed by atoms with Crippen LogP contribution in [0.15, 0.2) is 113 Å². The van der Waals surface area contributed by atoms with Crippen molar-refractivity contribution in [1.29, 1.82) is 0 Å². The number of methoxy groups -OCH3 is 1. The van der Waals surface area contributed by atoms with E-state index in [-0.39, 0.29) is 0 Å². The third-order valence-corrected chi connectivity index (χ3v) is 7.34. The summed E-state index contributed by atoms with van der Waals surface area (Å²) in [4.78, 5) is 28.0. The Kier molecular flexibility index (Phi) is 6.64. The zero-order valence-electron chi connectivity index (χ0n) is 20.6. The fourth-order valence-electron chi connectivity index (χ4n) is 5.80. The van der Waals surface area contributed by atoms with Gasteiger partial charge in [-0.15, -0.1) is 0 Å². The van der Waals surface area contributed by atoms with E-state index in [9.17, 15) is 24.9 Å². The van der Waals surface area contributed by atoms with Crippen molar-refractivity contribution < 1.29 is 24.8 Å². The largest absolute Gasteiger partial charge is 0.394 e. The van der Waals surface area contributed by atoms with Gasteiger partial charge in [0.25, 0.3) is 5.56 Å². The Hall–Kier alpha value is -3.86. The lowest BCUT2D eigenvalue weighted by Crippen LogP contribution is -2.71. The second-order valence-corrected chi connectivity index (χ2v) is 9.16. The smallest absolute Gasteiger partial charge is 0.330 e. The number of H-pyrrole nitrogens is 1. The quantitative estimate of drug-likeness (QED) is 0.215. The second-order valence-electron chi connectivity index (χ2n) is 9.16. The molecule has 1 aromatic heterocycles. The van der Waals surface area contributed by atoms with Crippen LogP contribution < -0.4 is 11.2 Å². The fraction of sp³-hybridized carbons (Fsp3) is 0.241. The predicted octanol–water partition coefficient (Wildman–Crippen LogP) is 1.31. The average molecular weight is 517 g/mol. The Morgan fingerprint density at radius 1 is 0.895 bits per heavy atom. The fourth-order valence-corrected chi connectivity index (χ4v) is 5.80. The van der Waals surface area contributed by atoms with Gasteiger partial charge < -0.3 is 24.8 Å². The maximum absolute atomic E-state index is 13.6. The SMILES string of the molecule is CO[C@@]1(O)[C@H](O)[C@@H](CO)O[C@]1(n1ccc(=O)[nH]c1=O)C(c1ccccc1)(c1ccccc1)c1ccccc1. The average Bonchev–Trinajstić information content (AvgIpc) is 3.18. The molecule has 0 unspecified atom stereocenters. The van der Waals surface area contributed by atoms with Gasteiger partial charge in [0.05, 0.1) is 12.0 Å². The highest BCUT2D eigenvalue weighted by atomic mass is 16.7. The molecule has 4 N–H and O–H groups in total. The number of aliphatic hydroxyl groups is 3. The molecule has 196 valence electrons. The minimum Gasteiger partial charge on any atom is -0.394 e. The van der Waals surface area contributed by atoms with Gasteiger partial charge in [-0.1, -0.05) is 91.0 Å². The lowest BCUT2D eigenvalue weighted by molar-refractivity contribution is -0.329. The molecule has 9 heteroatoms. The van der Waals surface area contributed by atoms with Crippen molar-refractivity contribution in [2.24, 2.45) is 0 Å². The minimum atomic E-state index is -2.62. The van der Waals surface area contributed by atoms with E-state index >= 15 is 0 Å². The van der Waals surface area contributed by atoms with Crippen molar-refractivity contribution >= 4 is 0 Å². The van der Waals surface area contributed by atoms with Gasteiger partial charge in [0.15, 0.2) is 0 Å². The number of ether oxygens (including phenoxy) is 2. The maximum Gasteiger partial charge on any atom is 0.330 e. The maximum atomic E-state index is 13.6. The molecule has 1 aliphatic rings. The zero-order chi connectivity index (χ0) is 27.0. The molecule has 1 saturated heterocycles. The van der Waals surface area contributed by atoms with E-state index in [1.165, 1.54) is 13.3 Å². The first-order valence-electron chi connectivity index (χ1n) is 12.1. The summed E-state index contributed by atoms with van der Waals surface area (Å²) in [5.74, 6) is -2.62. The summed E-state index contributed by atoms with van der Waals surface area (Å²) in [5.41, 5.74) is -3.72. The standard InChI is InChI=1S/C29H28N2O7/c1-37-28(36)25(34)23(19-32)38-29(28,31-18-17-24(33)30-26(31)35)27(20-11-5-2-6-12-20,21-13-7-3-8-14-21)22-15-9-4-10-16-22/h2-18,23,25,32,34,36H,19H2,1H3,(H,30,33,35)/t23-,25-,28+,29-/m1/s1. The molecule has 9 nitrogen and oxygen atoms in total. The number of aliphatic hydroxyl groups excluding tert-OH is 2. The predicted molar refractivity (Wildman–Crippen MR) is 138 cm³/mol. The Morgan fingerprint density at radius 3 is 1.76 bits per heavy atom. The molecule has 0 radical (unpaired) electrons. The summed E-state index contributed by atoms with van der Waals surface area (Å²) in [6, 6.07) is 28.3. The van der Waals surface area contributed by atoms with Crippen LogP contribution in [0.2, 0.25) is 0 Å². The first-order valence-corrected chi connectivity index (χ1v) is 12.1. The third-order valence-electron chi connectivity index (χ3n) is 7.34. The topological polar surface area (TPSA) is 134 Å². The Morgan fingerprint density at radius 2 is 1.37 bits per heavy atom. The van der Waals surface area contributed by atoms with Crippen LogP contribution in [0, 0.1) is 0 Å². The van der Waals surface area contributed by atoms with Gasteiger partial charge >= 0.3 is 5.69 Å². The number of nitrogens with zero attached hydrogens (tertiary/aromatic N) is 1. The van der Waals surface area contributed by atoms with Crippen LogP contribution in [0.4, 0.5) is 0 Å². The van der Waals surface area contributed by atoms with Crippen LogP contribution in [-0.2, 0) is 20.6 Å². The van der Waals surface area contributed by atoms with Crippen LogP contribution in [0.3, 0.4) is 0 Å². The van der Waals surface area contributed by atoms with E-state index in [4.69, 9.17) is 9.47 Å². The van der Waals surface area contributed by atoms with E-state index in [1.807, 2.05) is 54.6 Å². The molecule has 3 aromatic carbocycles. The van der Waals surface area contributed by atoms with Crippen LogP contribution in [0.5, 0.6) is 0 Å². The molecule has 2 heterocycles. The summed E-state index contributed by atoms with van der Waals surface area (Å²) in [7, 11) is 1.18. The van der Waals surface area contributed by atoms with E-state index < -0.39 is 47.0 Å². The molecule has 4 aromatic rings. The van der Waals surface area contributed by atoms with Crippen LogP contribution in [-0.4, -0.2) is 56.6 Å². The lowest BCUT2D eigenvalue weighted by atomic mass is 9.59. The Labute approximate surface area is 218 Å². The first kappa shape index (κ1) is 25.8. The number of nitrogens with one attached hydrogen (secondary N) is 1. The number of aromatic nitrogens is 2. The molecule has 0 aliphatic carbocycles. The molecular formula is C29H28N2O7. The van der Waals surface area contributed by atoms with E-state index in [0.29, 0.717) is 16.7 Å². The van der Waals surface area contributed by atoms with Gasteiger partial charge in [-0.05, 0) is 16.7 Å². The molecule has 0 bridgehead atoms. The molecule has 1 aliphatic heterocycles. The number of aromatic amines is 1. The van der Waals surface area contributed by atoms with Crippen LogP contribution in [0.1, 0.15) is 16.7 Å². The Balaban J connectivity index is 2.09. The van der Waals surface area contributed by atoms with Gasteiger partial charge in [-0.25, -0.2) is 4.79 Å². The number of hydrogen-bond donors (Lipinski definition) is 4. The van der Waals surface area contributed by atoms with Crippen molar-refractivity contribution in [3.63, 3.8) is 0 Å². The number of rotatable bonds is 7. The summed E-state index contributed by atoms with van der Waals surface area (Å²) in [6.45, 7) is -0.693. The van der Waals surface area contributed by atoms with Crippen molar-refractivity contribution in [1.82, 2.24) is 9.55 Å². The molecule has 0 saturated carbocycles. The summed E-state index contributed by atoms with van der Waals surface area (Å²) in [6.07, 6.45) is -1.97. The molecule has 5 rings (SSSR count).